The average Bonchev–Trinajstić information content (AvgIpc) is 3.34. The van der Waals surface area contributed by atoms with Crippen molar-refractivity contribution in [3.63, 3.8) is 0 Å². The van der Waals surface area contributed by atoms with Crippen molar-refractivity contribution in [1.29, 1.82) is 0 Å². The predicted molar refractivity (Wildman–Crippen MR) is 106 cm³/mol. The number of hydrogen-bond acceptors (Lipinski definition) is 7. The molecule has 0 saturated heterocycles. The molecule has 0 fully saturated rings. The maximum Gasteiger partial charge on any atom is 0.236 e. The van der Waals surface area contributed by atoms with Crippen LogP contribution >= 0.6 is 23.1 Å². The Hall–Kier alpha value is -2.17. The van der Waals surface area contributed by atoms with Gasteiger partial charge in [0.25, 0.3) is 0 Å². The van der Waals surface area contributed by atoms with Gasteiger partial charge in [0.05, 0.1) is 18.1 Å². The lowest BCUT2D eigenvalue weighted by Crippen LogP contribution is -2.15. The first-order valence-corrected chi connectivity index (χ1v) is 10.3. The summed E-state index contributed by atoms with van der Waals surface area (Å²) < 4.78 is 9.29. The van der Waals surface area contributed by atoms with Crippen LogP contribution in [-0.4, -0.2) is 49.7 Å². The summed E-state index contributed by atoms with van der Waals surface area (Å²) in [4.78, 5) is 16.4. The lowest BCUT2D eigenvalue weighted by Gasteiger charge is -2.10. The fraction of sp³-hybridized carbons (Fsp3) is 0.412. The number of rotatable bonds is 9. The largest absolute Gasteiger partial charge is 0.383 e. The van der Waals surface area contributed by atoms with Crippen LogP contribution in [0.15, 0.2) is 28.9 Å². The van der Waals surface area contributed by atoms with Gasteiger partial charge in [-0.3, -0.25) is 4.79 Å². The molecule has 0 aliphatic carbocycles. The van der Waals surface area contributed by atoms with Crippen LogP contribution in [0.5, 0.6) is 0 Å². The first-order chi connectivity index (χ1) is 13.1. The molecule has 0 aromatic carbocycles. The van der Waals surface area contributed by atoms with E-state index in [0.717, 1.165) is 17.2 Å². The van der Waals surface area contributed by atoms with E-state index in [1.165, 1.54) is 23.1 Å². The predicted octanol–water partition coefficient (Wildman–Crippen LogP) is 2.35. The Kier molecular flexibility index (Phi) is 6.64. The standard InChI is InChI=1S/C17H22N6O2S2/c1-12-10-26-16(18-12)19-15(24)11-27-17-21-20-14(23(17)7-8-25-3)9-13-5-4-6-22(13)2/h4-6,10H,7-9,11H2,1-3H3,(H,18,19,24). The van der Waals surface area contributed by atoms with Crippen LogP contribution in [0.3, 0.4) is 0 Å². The molecule has 0 unspecified atom stereocenters. The third-order valence-electron chi connectivity index (χ3n) is 3.90. The highest BCUT2D eigenvalue weighted by Gasteiger charge is 2.16. The number of aromatic nitrogens is 5. The highest BCUT2D eigenvalue weighted by Crippen LogP contribution is 2.20. The van der Waals surface area contributed by atoms with Gasteiger partial charge in [0.15, 0.2) is 10.3 Å². The van der Waals surface area contributed by atoms with Crippen molar-refractivity contribution in [3.8, 4) is 0 Å². The summed E-state index contributed by atoms with van der Waals surface area (Å²) in [5.41, 5.74) is 2.04. The molecule has 0 aliphatic rings. The smallest absolute Gasteiger partial charge is 0.236 e. The Morgan fingerprint density at radius 3 is 2.93 bits per heavy atom. The summed E-state index contributed by atoms with van der Waals surface area (Å²) in [6, 6.07) is 4.07. The second kappa shape index (κ2) is 9.16. The van der Waals surface area contributed by atoms with Gasteiger partial charge in [-0.2, -0.15) is 0 Å². The number of nitrogens with zero attached hydrogens (tertiary/aromatic N) is 5. The number of methoxy groups -OCH3 is 1. The molecule has 8 nitrogen and oxygen atoms in total. The average molecular weight is 407 g/mol. The summed E-state index contributed by atoms with van der Waals surface area (Å²) in [5.74, 6) is 0.986. The SMILES string of the molecule is COCCn1c(Cc2cccn2C)nnc1SCC(=O)Nc1nc(C)cs1. The Labute approximate surface area is 166 Å². The zero-order valence-corrected chi connectivity index (χ0v) is 17.1. The van der Waals surface area contributed by atoms with E-state index in [9.17, 15) is 4.79 Å². The van der Waals surface area contributed by atoms with Gasteiger partial charge in [-0.05, 0) is 19.1 Å². The van der Waals surface area contributed by atoms with Gasteiger partial charge in [-0.25, -0.2) is 4.98 Å². The lowest BCUT2D eigenvalue weighted by molar-refractivity contribution is -0.113. The molecule has 1 amide bonds. The molecule has 1 N–H and O–H groups in total. The van der Waals surface area contributed by atoms with Crippen LogP contribution in [0.1, 0.15) is 17.2 Å². The third-order valence-corrected chi connectivity index (χ3v) is 5.74. The van der Waals surface area contributed by atoms with Crippen molar-refractivity contribution < 1.29 is 9.53 Å². The van der Waals surface area contributed by atoms with Crippen molar-refractivity contribution in [2.24, 2.45) is 7.05 Å². The summed E-state index contributed by atoms with van der Waals surface area (Å²) in [6.45, 7) is 3.09. The fourth-order valence-corrected chi connectivity index (χ4v) is 3.99. The van der Waals surface area contributed by atoms with Gasteiger partial charge in [-0.1, -0.05) is 11.8 Å². The summed E-state index contributed by atoms with van der Waals surface area (Å²) in [6.07, 6.45) is 2.68. The molecule has 0 aliphatic heterocycles. The van der Waals surface area contributed by atoms with Crippen LogP contribution in [0.25, 0.3) is 0 Å². The van der Waals surface area contributed by atoms with Gasteiger partial charge < -0.3 is 19.2 Å². The highest BCUT2D eigenvalue weighted by molar-refractivity contribution is 7.99. The number of carbonyl (C=O) groups excluding carboxylic acids is 1. The lowest BCUT2D eigenvalue weighted by atomic mass is 10.3. The minimum atomic E-state index is -0.111. The quantitative estimate of drug-likeness (QED) is 0.549. The van der Waals surface area contributed by atoms with Crippen molar-refractivity contribution in [1.82, 2.24) is 24.3 Å². The number of amides is 1. The molecule has 0 saturated carbocycles. The number of hydrogen-bond donors (Lipinski definition) is 1. The molecule has 3 aromatic heterocycles. The second-order valence-electron chi connectivity index (χ2n) is 5.96. The number of aryl methyl sites for hydroxylation is 2. The molecule has 3 rings (SSSR count). The highest BCUT2D eigenvalue weighted by atomic mass is 32.2. The number of ether oxygens (including phenoxy) is 1. The Balaban J connectivity index is 1.66. The maximum absolute atomic E-state index is 12.2. The van der Waals surface area contributed by atoms with Crippen LogP contribution in [-0.2, 0) is 29.5 Å². The first-order valence-electron chi connectivity index (χ1n) is 8.43. The Morgan fingerprint density at radius 2 is 2.26 bits per heavy atom. The maximum atomic E-state index is 12.2. The van der Waals surface area contributed by atoms with Crippen LogP contribution in [0.4, 0.5) is 5.13 Å². The van der Waals surface area contributed by atoms with Crippen molar-refractivity contribution in [2.45, 2.75) is 25.0 Å². The van der Waals surface area contributed by atoms with E-state index in [2.05, 4.69) is 31.1 Å². The zero-order chi connectivity index (χ0) is 19.2. The van der Waals surface area contributed by atoms with Gasteiger partial charge >= 0.3 is 0 Å². The van der Waals surface area contributed by atoms with Gasteiger partial charge in [0, 0.05) is 44.4 Å². The van der Waals surface area contributed by atoms with Gasteiger partial charge in [-0.15, -0.1) is 21.5 Å². The van der Waals surface area contributed by atoms with E-state index in [4.69, 9.17) is 4.74 Å². The number of nitrogens with one attached hydrogen (secondary N) is 1. The van der Waals surface area contributed by atoms with E-state index in [-0.39, 0.29) is 11.7 Å². The molecular formula is C17H22N6O2S2. The number of anilines is 1. The Morgan fingerprint density at radius 1 is 1.41 bits per heavy atom. The van der Waals surface area contributed by atoms with Crippen molar-refractivity contribution in [3.05, 3.63) is 40.9 Å². The van der Waals surface area contributed by atoms with Gasteiger partial charge in [0.1, 0.15) is 5.82 Å². The van der Waals surface area contributed by atoms with Crippen LogP contribution < -0.4 is 5.32 Å². The monoisotopic (exact) mass is 406 g/mol. The molecular weight excluding hydrogens is 384 g/mol. The van der Waals surface area contributed by atoms with Crippen LogP contribution in [0.2, 0.25) is 0 Å². The zero-order valence-electron chi connectivity index (χ0n) is 15.5. The van der Waals surface area contributed by atoms with Gasteiger partial charge in [0.2, 0.25) is 5.91 Å². The molecule has 0 radical (unpaired) electrons. The summed E-state index contributed by atoms with van der Waals surface area (Å²) in [7, 11) is 3.67. The number of thiazole rings is 1. The normalized spacial score (nSPS) is 11.1. The topological polar surface area (TPSA) is 86.9 Å². The van der Waals surface area contributed by atoms with E-state index >= 15 is 0 Å². The number of carbonyl (C=O) groups is 1. The minimum Gasteiger partial charge on any atom is -0.383 e. The molecule has 3 aromatic rings. The molecule has 3 heterocycles. The summed E-state index contributed by atoms with van der Waals surface area (Å²) in [5, 5.41) is 14.6. The summed E-state index contributed by atoms with van der Waals surface area (Å²) >= 11 is 2.78. The van der Waals surface area contributed by atoms with Crippen LogP contribution in [0, 0.1) is 6.92 Å². The molecule has 0 atom stereocenters. The fourth-order valence-electron chi connectivity index (χ4n) is 2.50. The van der Waals surface area contributed by atoms with E-state index < -0.39 is 0 Å². The molecule has 0 spiro atoms. The van der Waals surface area contributed by atoms with Crippen molar-refractivity contribution >= 4 is 34.1 Å². The molecule has 0 bridgehead atoms. The Bertz CT molecular complexity index is 901. The molecule has 10 heteroatoms. The minimum absolute atomic E-state index is 0.111. The number of thioether (sulfide) groups is 1. The van der Waals surface area contributed by atoms with E-state index in [1.807, 2.05) is 36.2 Å². The first kappa shape index (κ1) is 19.6. The molecule has 144 valence electrons. The molecule has 27 heavy (non-hydrogen) atoms. The van der Waals surface area contributed by atoms with E-state index in [1.54, 1.807) is 7.11 Å². The van der Waals surface area contributed by atoms with Crippen molar-refractivity contribution in [2.75, 3.05) is 24.8 Å². The third kappa shape index (κ3) is 5.18. The second-order valence-corrected chi connectivity index (χ2v) is 7.76. The van der Waals surface area contributed by atoms with E-state index in [0.29, 0.717) is 29.9 Å².